The van der Waals surface area contributed by atoms with Crippen LogP contribution in [0.1, 0.15) is 38.2 Å². The molecular weight excluding hydrogens is 188 g/mol. The van der Waals surface area contributed by atoms with Crippen LogP contribution in [0.3, 0.4) is 0 Å². The lowest BCUT2D eigenvalue weighted by atomic mass is 10.1. The average molecular weight is 206 g/mol. The van der Waals surface area contributed by atoms with Crippen LogP contribution in [0.5, 0.6) is 11.5 Å². The highest BCUT2D eigenvalue weighted by Crippen LogP contribution is 2.29. The van der Waals surface area contributed by atoms with Crippen LogP contribution in [-0.2, 0) is 6.42 Å². The Hall–Kier alpha value is -1.18. The van der Waals surface area contributed by atoms with Crippen molar-refractivity contribution in [2.75, 3.05) is 0 Å². The molecule has 15 heavy (non-hydrogen) atoms. The van der Waals surface area contributed by atoms with E-state index in [-0.39, 0.29) is 0 Å². The van der Waals surface area contributed by atoms with Gasteiger partial charge in [0.15, 0.2) is 0 Å². The van der Waals surface area contributed by atoms with E-state index < -0.39 is 0 Å². The Labute approximate surface area is 90.9 Å². The first-order valence-electron chi connectivity index (χ1n) is 5.78. The van der Waals surface area contributed by atoms with Crippen LogP contribution in [0.25, 0.3) is 0 Å². The molecule has 1 saturated carbocycles. The Morgan fingerprint density at radius 2 is 2.07 bits per heavy atom. The molecule has 0 atom stereocenters. The predicted molar refractivity (Wildman–Crippen MR) is 60.4 cm³/mol. The standard InChI is InChI=1S/C13H18O2/c1-2-10-9-11(14)7-8-13(10)15-12-5-3-4-6-12/h7-9,12,14H,2-6H2,1H3. The Morgan fingerprint density at radius 3 is 2.73 bits per heavy atom. The molecule has 0 aliphatic heterocycles. The lowest BCUT2D eigenvalue weighted by Crippen LogP contribution is -2.11. The maximum atomic E-state index is 9.37. The molecule has 1 aromatic rings. The van der Waals surface area contributed by atoms with Crippen molar-refractivity contribution >= 4 is 0 Å². The van der Waals surface area contributed by atoms with E-state index in [0.29, 0.717) is 11.9 Å². The molecule has 0 aromatic heterocycles. The topological polar surface area (TPSA) is 29.5 Å². The number of ether oxygens (including phenoxy) is 1. The molecule has 0 radical (unpaired) electrons. The molecule has 0 amide bonds. The van der Waals surface area contributed by atoms with Gasteiger partial charge in [0.1, 0.15) is 11.5 Å². The summed E-state index contributed by atoms with van der Waals surface area (Å²) in [7, 11) is 0. The third-order valence-corrected chi connectivity index (χ3v) is 3.02. The van der Waals surface area contributed by atoms with E-state index in [2.05, 4.69) is 6.92 Å². The summed E-state index contributed by atoms with van der Waals surface area (Å²) < 4.78 is 5.94. The maximum Gasteiger partial charge on any atom is 0.123 e. The van der Waals surface area contributed by atoms with Crippen molar-refractivity contribution in [2.24, 2.45) is 0 Å². The fourth-order valence-corrected chi connectivity index (χ4v) is 2.14. The SMILES string of the molecule is CCc1cc(O)ccc1OC1CCCC1. The zero-order valence-electron chi connectivity index (χ0n) is 9.20. The third kappa shape index (κ3) is 2.44. The fraction of sp³-hybridized carbons (Fsp3) is 0.538. The van der Waals surface area contributed by atoms with Crippen LogP contribution in [0.15, 0.2) is 18.2 Å². The van der Waals surface area contributed by atoms with E-state index in [0.717, 1.165) is 17.7 Å². The van der Waals surface area contributed by atoms with Crippen LogP contribution >= 0.6 is 0 Å². The highest BCUT2D eigenvalue weighted by atomic mass is 16.5. The van der Waals surface area contributed by atoms with E-state index >= 15 is 0 Å². The summed E-state index contributed by atoms with van der Waals surface area (Å²) in [5, 5.41) is 9.37. The maximum absolute atomic E-state index is 9.37. The van der Waals surface area contributed by atoms with Gasteiger partial charge in [-0.1, -0.05) is 6.92 Å². The normalized spacial score (nSPS) is 16.9. The van der Waals surface area contributed by atoms with Gasteiger partial charge in [-0.25, -0.2) is 0 Å². The van der Waals surface area contributed by atoms with Gasteiger partial charge < -0.3 is 9.84 Å². The van der Waals surface area contributed by atoms with Crippen molar-refractivity contribution in [3.63, 3.8) is 0 Å². The van der Waals surface area contributed by atoms with Crippen LogP contribution in [-0.4, -0.2) is 11.2 Å². The summed E-state index contributed by atoms with van der Waals surface area (Å²) in [6.45, 7) is 2.08. The van der Waals surface area contributed by atoms with Gasteiger partial charge in [-0.15, -0.1) is 0 Å². The van der Waals surface area contributed by atoms with Crippen LogP contribution < -0.4 is 4.74 Å². The lowest BCUT2D eigenvalue weighted by molar-refractivity contribution is 0.208. The number of aromatic hydroxyl groups is 1. The lowest BCUT2D eigenvalue weighted by Gasteiger charge is -2.16. The van der Waals surface area contributed by atoms with Gasteiger partial charge in [0.05, 0.1) is 6.10 Å². The van der Waals surface area contributed by atoms with E-state index in [4.69, 9.17) is 4.74 Å². The van der Waals surface area contributed by atoms with Gasteiger partial charge in [0.2, 0.25) is 0 Å². The van der Waals surface area contributed by atoms with Crippen molar-refractivity contribution in [3.8, 4) is 11.5 Å². The molecule has 1 aliphatic rings. The van der Waals surface area contributed by atoms with Crippen molar-refractivity contribution in [2.45, 2.75) is 45.1 Å². The summed E-state index contributed by atoms with van der Waals surface area (Å²) in [6.07, 6.45) is 6.19. The van der Waals surface area contributed by atoms with E-state index in [1.54, 1.807) is 12.1 Å². The highest BCUT2D eigenvalue weighted by Gasteiger charge is 2.17. The summed E-state index contributed by atoms with van der Waals surface area (Å²) >= 11 is 0. The minimum Gasteiger partial charge on any atom is -0.508 e. The number of hydrogen-bond acceptors (Lipinski definition) is 2. The zero-order valence-corrected chi connectivity index (χ0v) is 9.20. The third-order valence-electron chi connectivity index (χ3n) is 3.02. The monoisotopic (exact) mass is 206 g/mol. The van der Waals surface area contributed by atoms with Crippen molar-refractivity contribution in [1.29, 1.82) is 0 Å². The van der Waals surface area contributed by atoms with Gasteiger partial charge in [-0.3, -0.25) is 0 Å². The molecule has 0 spiro atoms. The van der Waals surface area contributed by atoms with Gasteiger partial charge >= 0.3 is 0 Å². The van der Waals surface area contributed by atoms with E-state index in [1.165, 1.54) is 25.7 Å². The number of phenolic OH excluding ortho intramolecular Hbond substituents is 1. The molecule has 2 rings (SSSR count). The molecule has 1 aromatic carbocycles. The van der Waals surface area contributed by atoms with Crippen LogP contribution in [0.4, 0.5) is 0 Å². The number of aryl methyl sites for hydroxylation is 1. The first-order chi connectivity index (χ1) is 7.29. The van der Waals surface area contributed by atoms with Gasteiger partial charge in [-0.2, -0.15) is 0 Å². The molecule has 1 fully saturated rings. The molecular formula is C13H18O2. The van der Waals surface area contributed by atoms with Crippen molar-refractivity contribution in [3.05, 3.63) is 23.8 Å². The largest absolute Gasteiger partial charge is 0.508 e. The Kier molecular flexibility index (Phi) is 3.14. The van der Waals surface area contributed by atoms with Gasteiger partial charge in [-0.05, 0) is 55.9 Å². The minimum absolute atomic E-state index is 0.325. The summed E-state index contributed by atoms with van der Waals surface area (Å²) in [5.74, 6) is 1.27. The van der Waals surface area contributed by atoms with Gasteiger partial charge in [0, 0.05) is 0 Å². The minimum atomic E-state index is 0.325. The molecule has 82 valence electrons. The first kappa shape index (κ1) is 10.3. The molecule has 1 aliphatic carbocycles. The summed E-state index contributed by atoms with van der Waals surface area (Å²) in [6, 6.07) is 5.38. The molecule has 0 unspecified atom stereocenters. The fourth-order valence-electron chi connectivity index (χ4n) is 2.14. The van der Waals surface area contributed by atoms with Crippen molar-refractivity contribution in [1.82, 2.24) is 0 Å². The Bertz CT molecular complexity index is 327. The first-order valence-corrected chi connectivity index (χ1v) is 5.78. The highest BCUT2D eigenvalue weighted by molar-refractivity contribution is 5.39. The number of phenols is 1. The second-order valence-electron chi connectivity index (χ2n) is 4.17. The van der Waals surface area contributed by atoms with Crippen LogP contribution in [0, 0.1) is 0 Å². The summed E-state index contributed by atoms with van der Waals surface area (Å²) in [5.41, 5.74) is 1.10. The smallest absolute Gasteiger partial charge is 0.123 e. The van der Waals surface area contributed by atoms with Gasteiger partial charge in [0.25, 0.3) is 0 Å². The average Bonchev–Trinajstić information content (AvgIpc) is 2.73. The molecule has 2 nitrogen and oxygen atoms in total. The molecule has 1 N–H and O–H groups in total. The molecule has 0 bridgehead atoms. The van der Waals surface area contributed by atoms with E-state index in [1.807, 2.05) is 6.07 Å². The number of rotatable bonds is 3. The Morgan fingerprint density at radius 1 is 1.33 bits per heavy atom. The zero-order chi connectivity index (χ0) is 10.7. The second kappa shape index (κ2) is 4.56. The van der Waals surface area contributed by atoms with Crippen LogP contribution in [0.2, 0.25) is 0 Å². The number of benzene rings is 1. The second-order valence-corrected chi connectivity index (χ2v) is 4.17. The quantitative estimate of drug-likeness (QED) is 0.822. The van der Waals surface area contributed by atoms with Crippen molar-refractivity contribution < 1.29 is 9.84 Å². The molecule has 0 saturated heterocycles. The Balaban J connectivity index is 2.12. The summed E-state index contributed by atoms with van der Waals surface area (Å²) in [4.78, 5) is 0. The predicted octanol–water partition coefficient (Wildman–Crippen LogP) is 3.28. The molecule has 0 heterocycles. The molecule has 2 heteroatoms. The number of hydrogen-bond donors (Lipinski definition) is 1. The van der Waals surface area contributed by atoms with E-state index in [9.17, 15) is 5.11 Å².